The Bertz CT molecular complexity index is 426. The van der Waals surface area contributed by atoms with Crippen LogP contribution in [0.4, 0.5) is 10.5 Å². The van der Waals surface area contributed by atoms with Gasteiger partial charge in [0.15, 0.2) is 0 Å². The van der Waals surface area contributed by atoms with Crippen LogP contribution in [0.3, 0.4) is 0 Å². The second kappa shape index (κ2) is 8.67. The third kappa shape index (κ3) is 7.14. The molecule has 2 amide bonds. The highest BCUT2D eigenvalue weighted by Gasteiger charge is 2.08. The zero-order valence-electron chi connectivity index (χ0n) is 13.6. The number of anilines is 1. The van der Waals surface area contributed by atoms with E-state index in [-0.39, 0.29) is 18.1 Å². The van der Waals surface area contributed by atoms with Crippen LogP contribution in [0, 0.1) is 5.92 Å². The molecule has 21 heavy (non-hydrogen) atoms. The average Bonchev–Trinajstić information content (AvgIpc) is 2.38. The lowest BCUT2D eigenvalue weighted by Crippen LogP contribution is -2.36. The van der Waals surface area contributed by atoms with Gasteiger partial charge < -0.3 is 16.4 Å². The highest BCUT2D eigenvalue weighted by molar-refractivity contribution is 5.89. The molecule has 1 rings (SSSR count). The van der Waals surface area contributed by atoms with Crippen molar-refractivity contribution in [2.75, 3.05) is 5.32 Å². The number of benzene rings is 1. The molecule has 2 atom stereocenters. The van der Waals surface area contributed by atoms with E-state index in [4.69, 9.17) is 5.73 Å². The van der Waals surface area contributed by atoms with Crippen molar-refractivity contribution >= 4 is 11.7 Å². The maximum absolute atomic E-state index is 11.9. The first-order valence-corrected chi connectivity index (χ1v) is 7.81. The quantitative estimate of drug-likeness (QED) is 0.709. The van der Waals surface area contributed by atoms with Crippen LogP contribution in [0.5, 0.6) is 0 Å². The van der Waals surface area contributed by atoms with Crippen molar-refractivity contribution in [1.29, 1.82) is 0 Å². The van der Waals surface area contributed by atoms with Crippen molar-refractivity contribution in [3.05, 3.63) is 29.8 Å². The van der Waals surface area contributed by atoms with E-state index in [9.17, 15) is 4.79 Å². The van der Waals surface area contributed by atoms with E-state index in [0.29, 0.717) is 0 Å². The second-order valence-electron chi connectivity index (χ2n) is 6.23. The Morgan fingerprint density at radius 2 is 1.71 bits per heavy atom. The molecule has 0 fully saturated rings. The molecule has 4 nitrogen and oxygen atoms in total. The van der Waals surface area contributed by atoms with E-state index in [2.05, 4.69) is 24.5 Å². The van der Waals surface area contributed by atoms with Crippen LogP contribution in [0.15, 0.2) is 24.3 Å². The zero-order chi connectivity index (χ0) is 15.8. The highest BCUT2D eigenvalue weighted by Crippen LogP contribution is 2.14. The third-order valence-corrected chi connectivity index (χ3v) is 3.49. The predicted molar refractivity (Wildman–Crippen MR) is 89.3 cm³/mol. The fourth-order valence-electron chi connectivity index (χ4n) is 2.17. The summed E-state index contributed by atoms with van der Waals surface area (Å²) < 4.78 is 0. The van der Waals surface area contributed by atoms with Crippen molar-refractivity contribution < 1.29 is 4.79 Å². The molecule has 0 saturated carbocycles. The van der Waals surface area contributed by atoms with E-state index in [0.717, 1.165) is 30.0 Å². The van der Waals surface area contributed by atoms with Gasteiger partial charge in [-0.2, -0.15) is 0 Å². The Labute approximate surface area is 128 Å². The van der Waals surface area contributed by atoms with Gasteiger partial charge in [0, 0.05) is 17.8 Å². The highest BCUT2D eigenvalue weighted by atomic mass is 16.2. The fraction of sp³-hybridized carbons (Fsp3) is 0.588. The summed E-state index contributed by atoms with van der Waals surface area (Å²) in [5.41, 5.74) is 7.64. The van der Waals surface area contributed by atoms with Gasteiger partial charge in [-0.3, -0.25) is 0 Å². The van der Waals surface area contributed by atoms with Crippen LogP contribution in [0.1, 0.15) is 58.6 Å². The topological polar surface area (TPSA) is 67.2 Å². The molecule has 0 radical (unpaired) electrons. The monoisotopic (exact) mass is 291 g/mol. The molecule has 0 saturated heterocycles. The summed E-state index contributed by atoms with van der Waals surface area (Å²) >= 11 is 0. The SMILES string of the molecule is CC(C)CCCC(C)NC(=O)Nc1ccc(C(C)N)cc1. The summed E-state index contributed by atoms with van der Waals surface area (Å²) in [7, 11) is 0. The lowest BCUT2D eigenvalue weighted by atomic mass is 10.0. The first-order valence-electron chi connectivity index (χ1n) is 7.81. The normalized spacial score (nSPS) is 13.8. The number of urea groups is 1. The van der Waals surface area contributed by atoms with Gasteiger partial charge in [-0.15, -0.1) is 0 Å². The van der Waals surface area contributed by atoms with Crippen LogP contribution in [-0.4, -0.2) is 12.1 Å². The molecule has 4 heteroatoms. The predicted octanol–water partition coefficient (Wildman–Crippen LogP) is 4.04. The summed E-state index contributed by atoms with van der Waals surface area (Å²) in [6.07, 6.45) is 3.35. The molecule has 0 bridgehead atoms. The summed E-state index contributed by atoms with van der Waals surface area (Å²) in [4.78, 5) is 11.9. The van der Waals surface area contributed by atoms with E-state index in [1.807, 2.05) is 38.1 Å². The minimum absolute atomic E-state index is 0.00820. The lowest BCUT2D eigenvalue weighted by Gasteiger charge is -2.15. The molecule has 2 unspecified atom stereocenters. The molecule has 4 N–H and O–H groups in total. The molecule has 0 heterocycles. The van der Waals surface area contributed by atoms with Crippen molar-refractivity contribution in [3.63, 3.8) is 0 Å². The number of rotatable bonds is 7. The minimum Gasteiger partial charge on any atom is -0.335 e. The van der Waals surface area contributed by atoms with E-state index >= 15 is 0 Å². The van der Waals surface area contributed by atoms with Gasteiger partial charge in [-0.05, 0) is 43.9 Å². The molecule has 0 aliphatic carbocycles. The zero-order valence-corrected chi connectivity index (χ0v) is 13.6. The molecule has 0 spiro atoms. The fourth-order valence-corrected chi connectivity index (χ4v) is 2.17. The van der Waals surface area contributed by atoms with Crippen LogP contribution >= 0.6 is 0 Å². The Morgan fingerprint density at radius 1 is 1.10 bits per heavy atom. The van der Waals surface area contributed by atoms with Crippen LogP contribution in [0.25, 0.3) is 0 Å². The number of hydrogen-bond acceptors (Lipinski definition) is 2. The Hall–Kier alpha value is -1.55. The van der Waals surface area contributed by atoms with Crippen LogP contribution < -0.4 is 16.4 Å². The van der Waals surface area contributed by atoms with E-state index in [1.165, 1.54) is 6.42 Å². The van der Waals surface area contributed by atoms with Crippen molar-refractivity contribution in [1.82, 2.24) is 5.32 Å². The Kier molecular flexibility index (Phi) is 7.23. The second-order valence-corrected chi connectivity index (χ2v) is 6.23. The van der Waals surface area contributed by atoms with Gasteiger partial charge in [-0.1, -0.05) is 38.8 Å². The molecule has 0 aromatic heterocycles. The molecule has 1 aromatic carbocycles. The number of nitrogens with two attached hydrogens (primary N) is 1. The Morgan fingerprint density at radius 3 is 2.24 bits per heavy atom. The smallest absolute Gasteiger partial charge is 0.319 e. The molecule has 0 aliphatic rings. The van der Waals surface area contributed by atoms with Gasteiger partial charge in [0.1, 0.15) is 0 Å². The number of nitrogens with one attached hydrogen (secondary N) is 2. The van der Waals surface area contributed by atoms with Gasteiger partial charge in [-0.25, -0.2) is 4.79 Å². The number of hydrogen-bond donors (Lipinski definition) is 3. The summed E-state index contributed by atoms with van der Waals surface area (Å²) in [5.74, 6) is 0.717. The summed E-state index contributed by atoms with van der Waals surface area (Å²) in [6, 6.07) is 7.67. The van der Waals surface area contributed by atoms with Crippen LogP contribution in [-0.2, 0) is 0 Å². The summed E-state index contributed by atoms with van der Waals surface area (Å²) in [6.45, 7) is 8.42. The van der Waals surface area contributed by atoms with Crippen molar-refractivity contribution in [2.45, 2.75) is 59.0 Å². The van der Waals surface area contributed by atoms with Gasteiger partial charge in [0.25, 0.3) is 0 Å². The first kappa shape index (κ1) is 17.5. The number of carbonyl (C=O) groups excluding carboxylic acids is 1. The van der Waals surface area contributed by atoms with Gasteiger partial charge in [0.05, 0.1) is 0 Å². The molecular formula is C17H29N3O. The lowest BCUT2D eigenvalue weighted by molar-refractivity contribution is 0.248. The number of amides is 2. The van der Waals surface area contributed by atoms with Crippen molar-refractivity contribution in [3.8, 4) is 0 Å². The van der Waals surface area contributed by atoms with Crippen molar-refractivity contribution in [2.24, 2.45) is 11.7 Å². The summed E-state index contributed by atoms with van der Waals surface area (Å²) in [5, 5.41) is 5.81. The van der Waals surface area contributed by atoms with E-state index in [1.54, 1.807) is 0 Å². The maximum Gasteiger partial charge on any atom is 0.319 e. The molecule has 0 aliphatic heterocycles. The van der Waals surface area contributed by atoms with Crippen LogP contribution in [0.2, 0.25) is 0 Å². The van der Waals surface area contributed by atoms with Gasteiger partial charge >= 0.3 is 6.03 Å². The third-order valence-electron chi connectivity index (χ3n) is 3.49. The molecule has 1 aromatic rings. The first-order chi connectivity index (χ1) is 9.88. The maximum atomic E-state index is 11.9. The van der Waals surface area contributed by atoms with Gasteiger partial charge in [0.2, 0.25) is 0 Å². The largest absolute Gasteiger partial charge is 0.335 e. The minimum atomic E-state index is -0.152. The van der Waals surface area contributed by atoms with E-state index < -0.39 is 0 Å². The molecular weight excluding hydrogens is 262 g/mol. The Balaban J connectivity index is 2.35. The molecule has 118 valence electrons. The standard InChI is InChI=1S/C17H29N3O/c1-12(2)6-5-7-13(3)19-17(21)20-16-10-8-15(9-11-16)14(4)18/h8-14H,5-7,18H2,1-4H3,(H2,19,20,21). The average molecular weight is 291 g/mol. The number of carbonyl (C=O) groups is 1.